The molecule has 66 heavy (non-hydrogen) atoms. The third-order valence-corrected chi connectivity index (χ3v) is 16.2. The second-order valence-corrected chi connectivity index (χ2v) is 19.8. The zero-order chi connectivity index (χ0) is 43.9. The summed E-state index contributed by atoms with van der Waals surface area (Å²) in [6.07, 6.45) is 19.7. The van der Waals surface area contributed by atoms with E-state index in [2.05, 4.69) is 213 Å². The number of rotatable bonds is 5. The molecule has 0 spiro atoms. The summed E-state index contributed by atoms with van der Waals surface area (Å²) in [5.41, 5.74) is 16.4. The van der Waals surface area contributed by atoms with Gasteiger partial charge in [0.1, 0.15) is 0 Å². The van der Waals surface area contributed by atoms with E-state index in [1.165, 1.54) is 85.6 Å². The highest BCUT2D eigenvalue weighted by atomic mass is 32.2. The Kier molecular flexibility index (Phi) is 9.29. The van der Waals surface area contributed by atoms with Gasteiger partial charge in [-0.15, -0.1) is 23.1 Å². The molecule has 1 aliphatic heterocycles. The normalized spacial score (nSPS) is 17.5. The smallest absolute Gasteiger partial charge is 0.160 e. The van der Waals surface area contributed by atoms with Crippen LogP contribution in [0.1, 0.15) is 48.2 Å². The minimum absolute atomic E-state index is 0.335. The van der Waals surface area contributed by atoms with Gasteiger partial charge in [0.05, 0.1) is 22.4 Å². The van der Waals surface area contributed by atoms with E-state index in [-0.39, 0.29) is 0 Å². The summed E-state index contributed by atoms with van der Waals surface area (Å²) < 4.78 is 5.26. The number of para-hydroxylation sites is 1. The lowest BCUT2D eigenvalue weighted by molar-refractivity contribution is 1.06. The number of aromatic nitrogens is 3. The number of nitrogens with zero attached hydrogens (tertiary/aromatic N) is 3. The van der Waals surface area contributed by atoms with E-state index in [1.54, 1.807) is 0 Å². The first kappa shape index (κ1) is 39.1. The Morgan fingerprint density at radius 3 is 2.33 bits per heavy atom. The van der Waals surface area contributed by atoms with E-state index in [4.69, 9.17) is 9.97 Å². The number of fused-ring (bicyclic) bond motifs is 15. The number of thiophene rings is 1. The van der Waals surface area contributed by atoms with Crippen molar-refractivity contribution in [2.24, 2.45) is 0 Å². The summed E-state index contributed by atoms with van der Waals surface area (Å²) in [5.74, 6) is 0.733. The largest absolute Gasteiger partial charge is 0.309 e. The Morgan fingerprint density at radius 1 is 0.682 bits per heavy atom. The van der Waals surface area contributed by atoms with Crippen molar-refractivity contribution in [2.75, 3.05) is 0 Å². The first-order valence-corrected chi connectivity index (χ1v) is 24.5. The van der Waals surface area contributed by atoms with Crippen molar-refractivity contribution in [3.63, 3.8) is 0 Å². The highest BCUT2D eigenvalue weighted by Crippen LogP contribution is 2.53. The van der Waals surface area contributed by atoms with Crippen LogP contribution in [-0.2, 0) is 6.42 Å². The molecule has 3 aliphatic rings. The Labute approximate surface area is 392 Å². The molecule has 4 heterocycles. The van der Waals surface area contributed by atoms with Gasteiger partial charge in [-0.1, -0.05) is 152 Å². The molecule has 0 radical (unpaired) electrons. The molecule has 0 fully saturated rings. The second kappa shape index (κ2) is 15.7. The fraction of sp³-hybridized carbons (Fsp3) is 0.0820. The van der Waals surface area contributed by atoms with Crippen LogP contribution in [-0.4, -0.2) is 19.8 Å². The molecule has 0 saturated carbocycles. The molecule has 314 valence electrons. The maximum Gasteiger partial charge on any atom is 0.160 e. The van der Waals surface area contributed by atoms with Crippen molar-refractivity contribution in [3.8, 4) is 22.6 Å². The SMILES string of the molecule is C\C=C/C=C\C1=C\c2ccccc2Cc2c(nc(-c3ccccc3)nc2-c2ccc3c(c2)C2=CC(n4c5ccccc5c5c6ccccc6c6sc7ccccc7c6c54)=CCC2S3)/C=C/1C. The topological polar surface area (TPSA) is 30.7 Å². The standard InChI is InChI=1S/C61H43N3S2/c1-3-4-6-19-39-33-40-20-9-10-21-41(40)34-50-51(32-37(39)2)62-61(38-17-7-5-8-18-38)63-58(50)42-28-30-54-48(35-42)49-36-43(29-31-55(49)65-54)64-52-26-15-13-24-46(52)56-44-22-11-12-23-45(44)60-57(59(56)64)47-25-14-16-27-53(47)66-60/h3-30,32-33,35-36,55H,31,34H2,1-2H3/b4-3-,19-6-,37-32+,39-33-. The lowest BCUT2D eigenvalue weighted by Crippen LogP contribution is -2.07. The number of allylic oxidation sites excluding steroid dienone is 9. The maximum absolute atomic E-state index is 5.51. The highest BCUT2D eigenvalue weighted by molar-refractivity contribution is 8.00. The number of benzene rings is 7. The molecule has 0 bridgehead atoms. The quantitative estimate of drug-likeness (QED) is 0.161. The van der Waals surface area contributed by atoms with Crippen LogP contribution in [0, 0.1) is 0 Å². The molecule has 5 heteroatoms. The molecule has 1 unspecified atom stereocenters. The van der Waals surface area contributed by atoms with Crippen LogP contribution in [0.3, 0.4) is 0 Å². The van der Waals surface area contributed by atoms with Gasteiger partial charge in [0.25, 0.3) is 0 Å². The van der Waals surface area contributed by atoms with Crippen molar-refractivity contribution in [3.05, 3.63) is 221 Å². The van der Waals surface area contributed by atoms with Crippen LogP contribution in [0.5, 0.6) is 0 Å². The summed E-state index contributed by atoms with van der Waals surface area (Å²) in [6, 6.07) is 53.3. The molecule has 0 amide bonds. The van der Waals surface area contributed by atoms with Crippen LogP contribution < -0.4 is 0 Å². The summed E-state index contributed by atoms with van der Waals surface area (Å²) in [7, 11) is 0. The van der Waals surface area contributed by atoms with Crippen molar-refractivity contribution in [1.29, 1.82) is 0 Å². The zero-order valence-electron chi connectivity index (χ0n) is 36.6. The van der Waals surface area contributed by atoms with Crippen molar-refractivity contribution < 1.29 is 0 Å². The molecule has 10 aromatic rings. The van der Waals surface area contributed by atoms with E-state index >= 15 is 0 Å². The van der Waals surface area contributed by atoms with E-state index < -0.39 is 0 Å². The van der Waals surface area contributed by atoms with Gasteiger partial charge in [-0.2, -0.15) is 0 Å². The first-order chi connectivity index (χ1) is 32.6. The van der Waals surface area contributed by atoms with E-state index in [1.807, 2.05) is 23.1 Å². The van der Waals surface area contributed by atoms with Gasteiger partial charge in [0.15, 0.2) is 5.82 Å². The number of hydrogen-bond acceptors (Lipinski definition) is 4. The molecule has 2 aliphatic carbocycles. The molecule has 0 N–H and O–H groups in total. The fourth-order valence-corrected chi connectivity index (χ4v) is 13.0. The number of thioether (sulfide) groups is 1. The van der Waals surface area contributed by atoms with E-state index in [9.17, 15) is 0 Å². The predicted molar refractivity (Wildman–Crippen MR) is 284 cm³/mol. The predicted octanol–water partition coefficient (Wildman–Crippen LogP) is 16.8. The number of hydrogen-bond donors (Lipinski definition) is 0. The van der Waals surface area contributed by atoms with Gasteiger partial charge in [0.2, 0.25) is 0 Å². The van der Waals surface area contributed by atoms with Gasteiger partial charge in [0, 0.05) is 75.3 Å². The van der Waals surface area contributed by atoms with Gasteiger partial charge in [-0.05, 0) is 102 Å². The van der Waals surface area contributed by atoms with Crippen LogP contribution in [0.2, 0.25) is 0 Å². The van der Waals surface area contributed by atoms with Crippen molar-refractivity contribution in [2.45, 2.75) is 36.8 Å². The highest BCUT2D eigenvalue weighted by Gasteiger charge is 2.32. The second-order valence-electron chi connectivity index (χ2n) is 17.5. The van der Waals surface area contributed by atoms with Gasteiger partial charge in [-0.3, -0.25) is 0 Å². The fourth-order valence-electron chi connectivity index (χ4n) is 10.5. The molecule has 1 atom stereocenters. The summed E-state index contributed by atoms with van der Waals surface area (Å²) in [6.45, 7) is 4.25. The van der Waals surface area contributed by atoms with Crippen molar-refractivity contribution >= 4 is 99.3 Å². The minimum Gasteiger partial charge on any atom is -0.309 e. The Bertz CT molecular complexity index is 3870. The Hall–Kier alpha value is -7.31. The Morgan fingerprint density at radius 2 is 1.45 bits per heavy atom. The van der Waals surface area contributed by atoms with Gasteiger partial charge in [-0.25, -0.2) is 9.97 Å². The average molecular weight is 882 g/mol. The lowest BCUT2D eigenvalue weighted by atomic mass is 9.91. The van der Waals surface area contributed by atoms with Crippen molar-refractivity contribution in [1.82, 2.24) is 14.5 Å². The Balaban J connectivity index is 1.01. The van der Waals surface area contributed by atoms with E-state index in [0.29, 0.717) is 11.7 Å². The zero-order valence-corrected chi connectivity index (χ0v) is 38.3. The maximum atomic E-state index is 5.51. The van der Waals surface area contributed by atoms with Gasteiger partial charge < -0.3 is 4.57 Å². The van der Waals surface area contributed by atoms with Crippen LogP contribution in [0.25, 0.3) is 98.8 Å². The summed E-state index contributed by atoms with van der Waals surface area (Å²) >= 11 is 3.91. The third kappa shape index (κ3) is 6.25. The average Bonchev–Trinajstić information content (AvgIpc) is 4.05. The molecule has 3 aromatic heterocycles. The third-order valence-electron chi connectivity index (χ3n) is 13.6. The van der Waals surface area contributed by atoms with Crippen LogP contribution in [0.4, 0.5) is 0 Å². The van der Waals surface area contributed by atoms with Gasteiger partial charge >= 0.3 is 0 Å². The first-order valence-electron chi connectivity index (χ1n) is 22.8. The molecule has 7 aromatic carbocycles. The minimum atomic E-state index is 0.335. The lowest BCUT2D eigenvalue weighted by Gasteiger charge is -2.20. The van der Waals surface area contributed by atoms with E-state index in [0.717, 1.165) is 51.5 Å². The summed E-state index contributed by atoms with van der Waals surface area (Å²) in [5, 5.41) is 8.25. The molecular weight excluding hydrogens is 839 g/mol. The summed E-state index contributed by atoms with van der Waals surface area (Å²) in [4.78, 5) is 12.2. The molecule has 13 rings (SSSR count). The monoisotopic (exact) mass is 881 g/mol. The molecule has 3 nitrogen and oxygen atoms in total. The molecular formula is C61H43N3S2. The molecule has 0 saturated heterocycles. The van der Waals surface area contributed by atoms with Crippen LogP contribution >= 0.6 is 23.1 Å². The van der Waals surface area contributed by atoms with Crippen LogP contribution in [0.15, 0.2) is 198 Å².